The van der Waals surface area contributed by atoms with E-state index in [9.17, 15) is 0 Å². The van der Waals surface area contributed by atoms with Gasteiger partial charge in [-0.15, -0.1) is 24.0 Å². The van der Waals surface area contributed by atoms with E-state index in [0.717, 1.165) is 51.5 Å². The van der Waals surface area contributed by atoms with Crippen molar-refractivity contribution in [3.05, 3.63) is 0 Å². The first kappa shape index (κ1) is 25.9. The van der Waals surface area contributed by atoms with Crippen molar-refractivity contribution in [1.82, 2.24) is 15.5 Å². The quantitative estimate of drug-likeness (QED) is 0.182. The molecular formula is C19H41IN4O2. The van der Waals surface area contributed by atoms with Gasteiger partial charge in [0.1, 0.15) is 0 Å². The predicted molar refractivity (Wildman–Crippen MR) is 121 cm³/mol. The zero-order valence-corrected chi connectivity index (χ0v) is 19.6. The van der Waals surface area contributed by atoms with Gasteiger partial charge in [0.15, 0.2) is 5.96 Å². The van der Waals surface area contributed by atoms with Crippen LogP contribution >= 0.6 is 24.0 Å². The number of guanidine groups is 1. The number of hydrogen-bond acceptors (Lipinski definition) is 4. The summed E-state index contributed by atoms with van der Waals surface area (Å²) in [5.74, 6) is 0.888. The summed E-state index contributed by atoms with van der Waals surface area (Å²) in [7, 11) is 0. The fourth-order valence-electron chi connectivity index (χ4n) is 3.00. The molecule has 1 heterocycles. The van der Waals surface area contributed by atoms with Gasteiger partial charge in [-0.25, -0.2) is 0 Å². The summed E-state index contributed by atoms with van der Waals surface area (Å²) >= 11 is 0. The summed E-state index contributed by atoms with van der Waals surface area (Å²) < 4.78 is 11.2. The molecule has 1 fully saturated rings. The van der Waals surface area contributed by atoms with E-state index < -0.39 is 0 Å². The monoisotopic (exact) mass is 484 g/mol. The molecule has 2 unspecified atom stereocenters. The van der Waals surface area contributed by atoms with Crippen LogP contribution in [-0.4, -0.2) is 75.5 Å². The Balaban J connectivity index is 0.00000625. The average Bonchev–Trinajstić information content (AvgIpc) is 3.12. The summed E-state index contributed by atoms with van der Waals surface area (Å²) in [5, 5.41) is 6.82. The van der Waals surface area contributed by atoms with Gasteiger partial charge in [0.05, 0.1) is 25.9 Å². The third-order valence-electron chi connectivity index (χ3n) is 4.57. The second-order valence-electron chi connectivity index (χ2n) is 6.69. The number of halogens is 1. The van der Waals surface area contributed by atoms with E-state index >= 15 is 0 Å². The first-order chi connectivity index (χ1) is 12.2. The summed E-state index contributed by atoms with van der Waals surface area (Å²) in [5.41, 5.74) is 0. The van der Waals surface area contributed by atoms with Gasteiger partial charge in [-0.1, -0.05) is 13.8 Å². The number of hydrogen-bond donors (Lipinski definition) is 2. The number of nitrogens with zero attached hydrogens (tertiary/aromatic N) is 2. The van der Waals surface area contributed by atoms with Crippen molar-refractivity contribution in [1.29, 1.82) is 0 Å². The minimum Gasteiger partial charge on any atom is -0.377 e. The smallest absolute Gasteiger partial charge is 0.191 e. The molecule has 0 aromatic carbocycles. The van der Waals surface area contributed by atoms with Crippen LogP contribution in [0, 0.1) is 0 Å². The molecule has 1 rings (SSSR count). The molecule has 156 valence electrons. The minimum atomic E-state index is 0. The Labute approximate surface area is 177 Å². The first-order valence-corrected chi connectivity index (χ1v) is 10.2. The molecule has 1 aliphatic rings. The highest BCUT2D eigenvalue weighted by Crippen LogP contribution is 2.11. The summed E-state index contributed by atoms with van der Waals surface area (Å²) in [4.78, 5) is 7.08. The van der Waals surface area contributed by atoms with Crippen LogP contribution in [0.4, 0.5) is 0 Å². The molecule has 0 aromatic rings. The van der Waals surface area contributed by atoms with E-state index in [0.29, 0.717) is 31.9 Å². The van der Waals surface area contributed by atoms with Gasteiger partial charge < -0.3 is 25.0 Å². The van der Waals surface area contributed by atoms with Gasteiger partial charge in [0.2, 0.25) is 0 Å². The molecule has 0 amide bonds. The lowest BCUT2D eigenvalue weighted by atomic mass is 10.2. The van der Waals surface area contributed by atoms with Crippen molar-refractivity contribution in [2.24, 2.45) is 4.99 Å². The Morgan fingerprint density at radius 2 is 2.08 bits per heavy atom. The van der Waals surface area contributed by atoms with E-state index in [-0.39, 0.29) is 24.0 Å². The van der Waals surface area contributed by atoms with E-state index in [4.69, 9.17) is 9.47 Å². The second kappa shape index (κ2) is 17.0. The lowest BCUT2D eigenvalue weighted by Gasteiger charge is -2.21. The number of aliphatic imine (C=N–C) groups is 1. The van der Waals surface area contributed by atoms with E-state index in [2.05, 4.69) is 48.2 Å². The Kier molecular flexibility index (Phi) is 16.9. The van der Waals surface area contributed by atoms with Crippen LogP contribution < -0.4 is 10.6 Å². The fourth-order valence-corrected chi connectivity index (χ4v) is 3.00. The van der Waals surface area contributed by atoms with Crippen molar-refractivity contribution >= 4 is 29.9 Å². The molecule has 0 aliphatic carbocycles. The highest BCUT2D eigenvalue weighted by molar-refractivity contribution is 14.0. The molecule has 2 N–H and O–H groups in total. The first-order valence-electron chi connectivity index (χ1n) is 10.2. The lowest BCUT2D eigenvalue weighted by Crippen LogP contribution is -2.42. The van der Waals surface area contributed by atoms with Crippen molar-refractivity contribution in [3.63, 3.8) is 0 Å². The summed E-state index contributed by atoms with van der Waals surface area (Å²) in [6.45, 7) is 16.0. The number of nitrogens with one attached hydrogen (secondary N) is 2. The van der Waals surface area contributed by atoms with Gasteiger partial charge >= 0.3 is 0 Å². The Morgan fingerprint density at radius 1 is 1.31 bits per heavy atom. The highest BCUT2D eigenvalue weighted by atomic mass is 127. The normalized spacial score (nSPS) is 18.7. The molecular weight excluding hydrogens is 443 g/mol. The van der Waals surface area contributed by atoms with Crippen LogP contribution in [0.3, 0.4) is 0 Å². The SMILES string of the molecule is CCNC(=NCCOCC1CCCO1)NC(C)CCCN(CC)CC.I. The molecule has 6 nitrogen and oxygen atoms in total. The molecule has 0 aromatic heterocycles. The lowest BCUT2D eigenvalue weighted by molar-refractivity contribution is 0.0200. The third kappa shape index (κ3) is 12.3. The Morgan fingerprint density at radius 3 is 2.69 bits per heavy atom. The number of rotatable bonds is 13. The molecule has 1 aliphatic heterocycles. The van der Waals surface area contributed by atoms with Crippen LogP contribution in [0.2, 0.25) is 0 Å². The topological polar surface area (TPSA) is 58.1 Å². The predicted octanol–water partition coefficient (Wildman–Crippen LogP) is 2.87. The maximum Gasteiger partial charge on any atom is 0.191 e. The maximum absolute atomic E-state index is 5.67. The van der Waals surface area contributed by atoms with Crippen LogP contribution in [0.15, 0.2) is 4.99 Å². The van der Waals surface area contributed by atoms with Gasteiger partial charge in [-0.3, -0.25) is 4.99 Å². The third-order valence-corrected chi connectivity index (χ3v) is 4.57. The molecule has 2 atom stereocenters. The van der Waals surface area contributed by atoms with Gasteiger partial charge in [0, 0.05) is 19.2 Å². The largest absolute Gasteiger partial charge is 0.377 e. The molecule has 0 spiro atoms. The summed E-state index contributed by atoms with van der Waals surface area (Å²) in [6.07, 6.45) is 4.93. The van der Waals surface area contributed by atoms with E-state index in [1.54, 1.807) is 0 Å². The van der Waals surface area contributed by atoms with Crippen molar-refractivity contribution in [2.45, 2.75) is 65.5 Å². The molecule has 26 heavy (non-hydrogen) atoms. The average molecular weight is 484 g/mol. The van der Waals surface area contributed by atoms with Crippen LogP contribution in [0.25, 0.3) is 0 Å². The van der Waals surface area contributed by atoms with Crippen molar-refractivity contribution in [3.8, 4) is 0 Å². The maximum atomic E-state index is 5.67. The molecule has 0 radical (unpaired) electrons. The molecule has 0 bridgehead atoms. The van der Waals surface area contributed by atoms with Crippen molar-refractivity contribution in [2.75, 3.05) is 52.5 Å². The standard InChI is InChI=1S/C19H40N4O2.HI/c1-5-20-19(21-12-15-24-16-18-11-9-14-25-18)22-17(4)10-8-13-23(6-2)7-3;/h17-18H,5-16H2,1-4H3,(H2,20,21,22);1H. The highest BCUT2D eigenvalue weighted by Gasteiger charge is 2.14. The Bertz CT molecular complexity index is 348. The number of ether oxygens (including phenoxy) is 2. The van der Waals surface area contributed by atoms with Gasteiger partial charge in [-0.05, 0) is 59.2 Å². The molecule has 0 saturated carbocycles. The molecule has 1 saturated heterocycles. The Hall–Kier alpha value is -0.120. The minimum absolute atomic E-state index is 0. The fraction of sp³-hybridized carbons (Fsp3) is 0.947. The second-order valence-corrected chi connectivity index (χ2v) is 6.69. The van der Waals surface area contributed by atoms with Crippen LogP contribution in [0.5, 0.6) is 0 Å². The van der Waals surface area contributed by atoms with Crippen LogP contribution in [0.1, 0.15) is 53.4 Å². The zero-order chi connectivity index (χ0) is 18.3. The van der Waals surface area contributed by atoms with Crippen molar-refractivity contribution < 1.29 is 9.47 Å². The zero-order valence-electron chi connectivity index (χ0n) is 17.3. The van der Waals surface area contributed by atoms with Crippen LogP contribution in [-0.2, 0) is 9.47 Å². The van der Waals surface area contributed by atoms with E-state index in [1.165, 1.54) is 13.0 Å². The van der Waals surface area contributed by atoms with Gasteiger partial charge in [-0.2, -0.15) is 0 Å². The molecule has 7 heteroatoms. The van der Waals surface area contributed by atoms with Gasteiger partial charge in [0.25, 0.3) is 0 Å². The summed E-state index contributed by atoms with van der Waals surface area (Å²) in [6, 6.07) is 0.418. The van der Waals surface area contributed by atoms with E-state index in [1.807, 2.05) is 0 Å².